The van der Waals surface area contributed by atoms with E-state index in [0.717, 1.165) is 0 Å². The second-order valence-electron chi connectivity index (χ2n) is 7.69. The molecular formula is C21H32ClN3. The lowest BCUT2D eigenvalue weighted by Gasteiger charge is -2.33. The highest BCUT2D eigenvalue weighted by Crippen LogP contribution is 2.32. The number of likely N-dealkylation sites (tertiary alicyclic amines) is 2. The largest absolute Gasteiger partial charge is 0.361 e. The van der Waals surface area contributed by atoms with Gasteiger partial charge in [0.1, 0.15) is 0 Å². The van der Waals surface area contributed by atoms with Gasteiger partial charge in [0.2, 0.25) is 0 Å². The van der Waals surface area contributed by atoms with Crippen LogP contribution in [-0.4, -0.2) is 54.1 Å². The van der Waals surface area contributed by atoms with Crippen molar-refractivity contribution in [2.24, 2.45) is 0 Å². The number of para-hydroxylation sites is 1. The number of rotatable bonds is 5. The van der Waals surface area contributed by atoms with Crippen LogP contribution in [0.15, 0.2) is 30.5 Å². The highest BCUT2D eigenvalue weighted by molar-refractivity contribution is 5.85. The van der Waals surface area contributed by atoms with Gasteiger partial charge >= 0.3 is 0 Å². The Bertz CT molecular complexity index is 647. The van der Waals surface area contributed by atoms with Gasteiger partial charge in [0.15, 0.2) is 0 Å². The molecule has 2 aliphatic rings. The highest BCUT2D eigenvalue weighted by Gasteiger charge is 2.23. The molecule has 2 aromatic rings. The van der Waals surface area contributed by atoms with Crippen molar-refractivity contribution in [1.29, 1.82) is 0 Å². The first-order valence-corrected chi connectivity index (χ1v) is 9.91. The van der Waals surface area contributed by atoms with Crippen molar-refractivity contribution in [1.82, 2.24) is 14.8 Å². The van der Waals surface area contributed by atoms with Gasteiger partial charge in [-0.1, -0.05) is 24.6 Å². The predicted octanol–water partition coefficient (Wildman–Crippen LogP) is 4.65. The maximum absolute atomic E-state index is 3.46. The molecule has 3 nitrogen and oxygen atoms in total. The fourth-order valence-electron chi connectivity index (χ4n) is 4.65. The maximum atomic E-state index is 3.46. The first-order valence-electron chi connectivity index (χ1n) is 9.91. The van der Waals surface area contributed by atoms with Crippen LogP contribution in [0.4, 0.5) is 0 Å². The van der Waals surface area contributed by atoms with E-state index >= 15 is 0 Å². The second kappa shape index (κ2) is 9.07. The van der Waals surface area contributed by atoms with Crippen LogP contribution in [0.3, 0.4) is 0 Å². The Balaban J connectivity index is 0.00000182. The fraction of sp³-hybridized carbons (Fsp3) is 0.619. The van der Waals surface area contributed by atoms with Crippen molar-refractivity contribution in [2.45, 2.75) is 44.4 Å². The van der Waals surface area contributed by atoms with Crippen LogP contribution in [0, 0.1) is 0 Å². The molecule has 3 heterocycles. The van der Waals surface area contributed by atoms with E-state index in [-0.39, 0.29) is 12.4 Å². The molecule has 2 fully saturated rings. The van der Waals surface area contributed by atoms with E-state index in [0.29, 0.717) is 5.92 Å². The van der Waals surface area contributed by atoms with E-state index in [1.54, 1.807) is 0 Å². The van der Waals surface area contributed by atoms with Gasteiger partial charge < -0.3 is 14.8 Å². The number of hydrogen-bond donors (Lipinski definition) is 1. The van der Waals surface area contributed by atoms with Crippen molar-refractivity contribution in [2.75, 3.05) is 39.3 Å². The fourth-order valence-corrected chi connectivity index (χ4v) is 4.65. The molecule has 0 radical (unpaired) electrons. The van der Waals surface area contributed by atoms with Crippen molar-refractivity contribution in [3.8, 4) is 0 Å². The number of aromatic nitrogens is 1. The minimum absolute atomic E-state index is 0. The Morgan fingerprint density at radius 2 is 1.68 bits per heavy atom. The minimum atomic E-state index is 0. The smallest absolute Gasteiger partial charge is 0.0456 e. The normalized spacial score (nSPS) is 22.8. The lowest BCUT2D eigenvalue weighted by atomic mass is 9.90. The van der Waals surface area contributed by atoms with E-state index in [1.165, 1.54) is 94.3 Å². The zero-order valence-corrected chi connectivity index (χ0v) is 16.1. The molecule has 25 heavy (non-hydrogen) atoms. The van der Waals surface area contributed by atoms with Crippen LogP contribution in [0.5, 0.6) is 0 Å². The topological polar surface area (TPSA) is 22.3 Å². The molecular weight excluding hydrogens is 330 g/mol. The Kier molecular flexibility index (Phi) is 6.80. The summed E-state index contributed by atoms with van der Waals surface area (Å²) in [6.07, 6.45) is 10.5. The first kappa shape index (κ1) is 18.8. The number of benzene rings is 1. The molecule has 0 bridgehead atoms. The molecule has 1 aromatic heterocycles. The highest BCUT2D eigenvalue weighted by atomic mass is 35.5. The molecule has 2 aliphatic heterocycles. The molecule has 138 valence electrons. The molecule has 1 aromatic carbocycles. The van der Waals surface area contributed by atoms with Gasteiger partial charge in [-0.2, -0.15) is 0 Å². The molecule has 4 heteroatoms. The van der Waals surface area contributed by atoms with E-state index in [4.69, 9.17) is 0 Å². The van der Waals surface area contributed by atoms with E-state index in [2.05, 4.69) is 45.2 Å². The summed E-state index contributed by atoms with van der Waals surface area (Å²) in [6.45, 7) is 7.76. The number of halogens is 1. The SMILES string of the molecule is Cl.c1ccc2c(C3CCCN(CCCN4CCCCC4)C3)c[nH]c2c1. The summed E-state index contributed by atoms with van der Waals surface area (Å²) in [5.41, 5.74) is 2.82. The minimum Gasteiger partial charge on any atom is -0.361 e. The summed E-state index contributed by atoms with van der Waals surface area (Å²) in [5.74, 6) is 0.699. The van der Waals surface area contributed by atoms with Crippen LogP contribution in [0.25, 0.3) is 10.9 Å². The van der Waals surface area contributed by atoms with Gasteiger partial charge in [-0.25, -0.2) is 0 Å². The third-order valence-electron chi connectivity index (χ3n) is 5.96. The van der Waals surface area contributed by atoms with E-state index in [9.17, 15) is 0 Å². The number of fused-ring (bicyclic) bond motifs is 1. The average molecular weight is 362 g/mol. The third-order valence-corrected chi connectivity index (χ3v) is 5.96. The van der Waals surface area contributed by atoms with Crippen LogP contribution in [-0.2, 0) is 0 Å². The second-order valence-corrected chi connectivity index (χ2v) is 7.69. The van der Waals surface area contributed by atoms with Gasteiger partial charge in [-0.3, -0.25) is 0 Å². The van der Waals surface area contributed by atoms with Crippen LogP contribution in [0.1, 0.15) is 50.0 Å². The lowest BCUT2D eigenvalue weighted by molar-refractivity contribution is 0.178. The maximum Gasteiger partial charge on any atom is 0.0456 e. The zero-order chi connectivity index (χ0) is 16.2. The summed E-state index contributed by atoms with van der Waals surface area (Å²) in [5, 5.41) is 1.43. The summed E-state index contributed by atoms with van der Waals surface area (Å²) in [4.78, 5) is 8.84. The quantitative estimate of drug-likeness (QED) is 0.837. The summed E-state index contributed by atoms with van der Waals surface area (Å²) in [6, 6.07) is 8.75. The average Bonchev–Trinajstić information content (AvgIpc) is 3.07. The van der Waals surface area contributed by atoms with Crippen molar-refractivity contribution >= 4 is 23.3 Å². The number of piperidine rings is 2. The van der Waals surface area contributed by atoms with Crippen LogP contribution >= 0.6 is 12.4 Å². The summed E-state index contributed by atoms with van der Waals surface area (Å²) in [7, 11) is 0. The summed E-state index contributed by atoms with van der Waals surface area (Å²) < 4.78 is 0. The number of nitrogens with one attached hydrogen (secondary N) is 1. The first-order chi connectivity index (χ1) is 11.9. The molecule has 0 saturated carbocycles. The molecule has 0 spiro atoms. The van der Waals surface area contributed by atoms with Gasteiger partial charge in [0, 0.05) is 23.6 Å². The van der Waals surface area contributed by atoms with E-state index < -0.39 is 0 Å². The zero-order valence-electron chi connectivity index (χ0n) is 15.3. The monoisotopic (exact) mass is 361 g/mol. The molecule has 1 atom stereocenters. The predicted molar refractivity (Wildman–Crippen MR) is 109 cm³/mol. The summed E-state index contributed by atoms with van der Waals surface area (Å²) >= 11 is 0. The Morgan fingerprint density at radius 1 is 0.920 bits per heavy atom. The van der Waals surface area contributed by atoms with Crippen molar-refractivity contribution < 1.29 is 0 Å². The number of nitrogens with zero attached hydrogens (tertiary/aromatic N) is 2. The Labute approximate surface area is 158 Å². The molecule has 1 unspecified atom stereocenters. The molecule has 2 saturated heterocycles. The van der Waals surface area contributed by atoms with Gasteiger partial charge in [0.05, 0.1) is 0 Å². The Morgan fingerprint density at radius 3 is 2.56 bits per heavy atom. The van der Waals surface area contributed by atoms with Crippen LogP contribution < -0.4 is 0 Å². The third kappa shape index (κ3) is 4.58. The Hall–Kier alpha value is -1.03. The number of aromatic amines is 1. The number of H-pyrrole nitrogens is 1. The molecule has 1 N–H and O–H groups in total. The molecule has 0 aliphatic carbocycles. The lowest BCUT2D eigenvalue weighted by Crippen LogP contribution is -2.37. The van der Waals surface area contributed by atoms with E-state index in [1.807, 2.05) is 0 Å². The van der Waals surface area contributed by atoms with Gasteiger partial charge in [0.25, 0.3) is 0 Å². The standard InChI is InChI=1S/C21H31N3.ClH/c1-4-11-23(12-5-1)14-7-15-24-13-6-8-18(17-24)20-16-22-21-10-3-2-9-19(20)21;/h2-3,9-10,16,18,22H,1,4-8,11-15,17H2;1H. The van der Waals surface area contributed by atoms with Gasteiger partial charge in [-0.15, -0.1) is 12.4 Å². The van der Waals surface area contributed by atoms with Crippen molar-refractivity contribution in [3.05, 3.63) is 36.0 Å². The molecule has 0 amide bonds. The van der Waals surface area contributed by atoms with Crippen LogP contribution in [0.2, 0.25) is 0 Å². The van der Waals surface area contributed by atoms with Crippen molar-refractivity contribution in [3.63, 3.8) is 0 Å². The van der Waals surface area contributed by atoms with Gasteiger partial charge in [-0.05, 0) is 82.4 Å². The number of hydrogen-bond acceptors (Lipinski definition) is 2. The molecule has 4 rings (SSSR count).